The number of carbonyl (C=O) groups excluding carboxylic acids is 4. The molecule has 1 saturated heterocycles. The molecule has 1 N–H and O–H groups in total. The standard InChI is InChI=1S/C8H10N2O4/c11-5-1-2-7(13)10-8(14)4-3-6(12)9-10/h5H,1-4H2,(H,9,12). The monoisotopic (exact) mass is 198 g/mol. The second kappa shape index (κ2) is 4.50. The van der Waals surface area contributed by atoms with Crippen molar-refractivity contribution in [3.63, 3.8) is 0 Å². The Labute approximate surface area is 80.2 Å². The summed E-state index contributed by atoms with van der Waals surface area (Å²) in [4.78, 5) is 43.3. The Balaban J connectivity index is 2.55. The molecule has 0 spiro atoms. The van der Waals surface area contributed by atoms with Crippen molar-refractivity contribution in [2.45, 2.75) is 25.7 Å². The van der Waals surface area contributed by atoms with Gasteiger partial charge in [0.25, 0.3) is 0 Å². The van der Waals surface area contributed by atoms with E-state index in [0.29, 0.717) is 11.3 Å². The van der Waals surface area contributed by atoms with Gasteiger partial charge < -0.3 is 4.79 Å². The van der Waals surface area contributed by atoms with Crippen molar-refractivity contribution in [3.05, 3.63) is 0 Å². The van der Waals surface area contributed by atoms with Crippen LogP contribution in [0.15, 0.2) is 0 Å². The molecular weight excluding hydrogens is 188 g/mol. The highest BCUT2D eigenvalue weighted by Gasteiger charge is 2.27. The molecule has 6 heteroatoms. The molecular formula is C8H10N2O4. The molecule has 0 aliphatic carbocycles. The Morgan fingerprint density at radius 2 is 2.14 bits per heavy atom. The van der Waals surface area contributed by atoms with Gasteiger partial charge in [-0.15, -0.1) is 0 Å². The lowest BCUT2D eigenvalue weighted by atomic mass is 10.2. The van der Waals surface area contributed by atoms with Gasteiger partial charge in [-0.05, 0) is 0 Å². The zero-order valence-electron chi connectivity index (χ0n) is 7.49. The van der Waals surface area contributed by atoms with Gasteiger partial charge in [-0.2, -0.15) is 5.01 Å². The fourth-order valence-corrected chi connectivity index (χ4v) is 1.07. The molecule has 1 aliphatic rings. The molecule has 0 unspecified atom stereocenters. The van der Waals surface area contributed by atoms with E-state index in [1.54, 1.807) is 0 Å². The number of aldehydes is 1. The molecule has 1 heterocycles. The highest BCUT2D eigenvalue weighted by molar-refractivity contribution is 6.01. The fourth-order valence-electron chi connectivity index (χ4n) is 1.07. The molecule has 0 saturated carbocycles. The van der Waals surface area contributed by atoms with E-state index >= 15 is 0 Å². The van der Waals surface area contributed by atoms with Gasteiger partial charge >= 0.3 is 0 Å². The van der Waals surface area contributed by atoms with Gasteiger partial charge in [-0.25, -0.2) is 0 Å². The number of hydrogen-bond acceptors (Lipinski definition) is 4. The van der Waals surface area contributed by atoms with Crippen molar-refractivity contribution >= 4 is 24.0 Å². The molecule has 0 radical (unpaired) electrons. The summed E-state index contributed by atoms with van der Waals surface area (Å²) in [6.07, 6.45) is 0.733. The van der Waals surface area contributed by atoms with E-state index in [0.717, 1.165) is 0 Å². The molecule has 0 aromatic carbocycles. The Kier molecular flexibility index (Phi) is 3.33. The van der Waals surface area contributed by atoms with E-state index in [9.17, 15) is 19.2 Å². The van der Waals surface area contributed by atoms with Crippen molar-refractivity contribution in [1.29, 1.82) is 0 Å². The van der Waals surface area contributed by atoms with Crippen molar-refractivity contribution in [2.75, 3.05) is 0 Å². The lowest BCUT2D eigenvalue weighted by molar-refractivity contribution is -0.157. The third-order valence-corrected chi connectivity index (χ3v) is 1.78. The molecule has 0 aromatic rings. The van der Waals surface area contributed by atoms with Gasteiger partial charge in [-0.1, -0.05) is 0 Å². The fraction of sp³-hybridized carbons (Fsp3) is 0.500. The number of rotatable bonds is 3. The van der Waals surface area contributed by atoms with Crippen LogP contribution in [0, 0.1) is 0 Å². The van der Waals surface area contributed by atoms with Crippen LogP contribution in [0.1, 0.15) is 25.7 Å². The molecule has 76 valence electrons. The molecule has 0 aromatic heterocycles. The smallest absolute Gasteiger partial charge is 0.248 e. The predicted octanol–water partition coefficient (Wildman–Crippen LogP) is -0.854. The molecule has 6 nitrogen and oxygen atoms in total. The Morgan fingerprint density at radius 1 is 1.43 bits per heavy atom. The maximum absolute atomic E-state index is 11.2. The summed E-state index contributed by atoms with van der Waals surface area (Å²) >= 11 is 0. The number of nitrogens with zero attached hydrogens (tertiary/aromatic N) is 1. The zero-order chi connectivity index (χ0) is 10.6. The van der Waals surface area contributed by atoms with Crippen LogP contribution in [0.5, 0.6) is 0 Å². The number of amides is 3. The second-order valence-corrected chi connectivity index (χ2v) is 2.86. The normalized spacial score (nSPS) is 16.4. The highest BCUT2D eigenvalue weighted by Crippen LogP contribution is 2.05. The molecule has 1 fully saturated rings. The largest absolute Gasteiger partial charge is 0.303 e. The van der Waals surface area contributed by atoms with E-state index in [1.165, 1.54) is 0 Å². The predicted molar refractivity (Wildman–Crippen MR) is 44.5 cm³/mol. The number of hydrazine groups is 1. The maximum Gasteiger partial charge on any atom is 0.248 e. The number of carbonyl (C=O) groups is 4. The third-order valence-electron chi connectivity index (χ3n) is 1.78. The first kappa shape index (κ1) is 10.4. The quantitative estimate of drug-likeness (QED) is 0.598. The average molecular weight is 198 g/mol. The average Bonchev–Trinajstić information content (AvgIpc) is 2.18. The Morgan fingerprint density at radius 3 is 2.79 bits per heavy atom. The Bertz CT molecular complexity index is 287. The van der Waals surface area contributed by atoms with Gasteiger partial charge in [-0.3, -0.25) is 19.8 Å². The third kappa shape index (κ3) is 2.38. The first-order valence-corrected chi connectivity index (χ1v) is 4.24. The van der Waals surface area contributed by atoms with Crippen LogP contribution in [0.3, 0.4) is 0 Å². The van der Waals surface area contributed by atoms with Crippen LogP contribution >= 0.6 is 0 Å². The van der Waals surface area contributed by atoms with E-state index in [1.807, 2.05) is 0 Å². The minimum atomic E-state index is -0.546. The minimum Gasteiger partial charge on any atom is -0.303 e. The SMILES string of the molecule is O=CCCC(=O)N1NC(=O)CCC1=O. The highest BCUT2D eigenvalue weighted by atomic mass is 16.2. The van der Waals surface area contributed by atoms with Crippen LogP contribution in [-0.2, 0) is 19.2 Å². The summed E-state index contributed by atoms with van der Waals surface area (Å²) in [6, 6.07) is 0. The van der Waals surface area contributed by atoms with Crippen LogP contribution < -0.4 is 5.43 Å². The molecule has 0 atom stereocenters. The summed E-state index contributed by atoms with van der Waals surface area (Å²) in [5.41, 5.74) is 2.15. The second-order valence-electron chi connectivity index (χ2n) is 2.86. The Hall–Kier alpha value is -1.72. The van der Waals surface area contributed by atoms with E-state index in [-0.39, 0.29) is 31.6 Å². The van der Waals surface area contributed by atoms with Crippen LogP contribution in [0.25, 0.3) is 0 Å². The van der Waals surface area contributed by atoms with Crippen molar-refractivity contribution in [3.8, 4) is 0 Å². The maximum atomic E-state index is 11.2. The molecule has 0 bridgehead atoms. The van der Waals surface area contributed by atoms with Crippen molar-refractivity contribution in [2.24, 2.45) is 0 Å². The number of nitrogens with one attached hydrogen (secondary N) is 1. The minimum absolute atomic E-state index is 0.0403. The zero-order valence-corrected chi connectivity index (χ0v) is 7.49. The summed E-state index contributed by atoms with van der Waals surface area (Å²) < 4.78 is 0. The molecule has 1 rings (SSSR count). The first-order chi connectivity index (χ1) is 6.65. The molecule has 1 aliphatic heterocycles. The molecule has 14 heavy (non-hydrogen) atoms. The van der Waals surface area contributed by atoms with Crippen molar-refractivity contribution < 1.29 is 19.2 Å². The van der Waals surface area contributed by atoms with Gasteiger partial charge in [0.05, 0.1) is 0 Å². The van der Waals surface area contributed by atoms with E-state index in [4.69, 9.17) is 0 Å². The number of imide groups is 1. The summed E-state index contributed by atoms with van der Waals surface area (Å²) in [5, 5.41) is 0.690. The van der Waals surface area contributed by atoms with E-state index in [2.05, 4.69) is 5.43 Å². The van der Waals surface area contributed by atoms with Crippen LogP contribution in [0.2, 0.25) is 0 Å². The summed E-state index contributed by atoms with van der Waals surface area (Å²) in [7, 11) is 0. The van der Waals surface area contributed by atoms with Gasteiger partial charge in [0.15, 0.2) is 0 Å². The lowest BCUT2D eigenvalue weighted by Gasteiger charge is -2.24. The van der Waals surface area contributed by atoms with Crippen LogP contribution in [0.4, 0.5) is 0 Å². The lowest BCUT2D eigenvalue weighted by Crippen LogP contribution is -2.53. The topological polar surface area (TPSA) is 83.6 Å². The van der Waals surface area contributed by atoms with Gasteiger partial charge in [0.1, 0.15) is 6.29 Å². The van der Waals surface area contributed by atoms with Crippen LogP contribution in [-0.4, -0.2) is 29.0 Å². The molecule has 3 amide bonds. The summed E-state index contributed by atoms with van der Waals surface area (Å²) in [6.45, 7) is 0. The van der Waals surface area contributed by atoms with Gasteiger partial charge in [0, 0.05) is 25.7 Å². The summed E-state index contributed by atoms with van der Waals surface area (Å²) in [5.74, 6) is -1.33. The number of hydrogen-bond donors (Lipinski definition) is 1. The van der Waals surface area contributed by atoms with E-state index < -0.39 is 11.8 Å². The van der Waals surface area contributed by atoms with Crippen molar-refractivity contribution in [1.82, 2.24) is 10.4 Å². The van der Waals surface area contributed by atoms with Gasteiger partial charge in [0.2, 0.25) is 17.7 Å². The first-order valence-electron chi connectivity index (χ1n) is 4.24.